The van der Waals surface area contributed by atoms with Crippen molar-refractivity contribution in [3.63, 3.8) is 0 Å². The molecule has 0 saturated heterocycles. The van der Waals surface area contributed by atoms with Crippen LogP contribution in [0.1, 0.15) is 12.8 Å². The van der Waals surface area contributed by atoms with Crippen LogP contribution in [0, 0.1) is 0 Å². The van der Waals surface area contributed by atoms with Gasteiger partial charge in [-0.15, -0.1) is 0 Å². The molecule has 0 aliphatic heterocycles. The molecule has 30 heavy (non-hydrogen) atoms. The molecule has 0 unspecified atom stereocenters. The van der Waals surface area contributed by atoms with E-state index in [0.717, 1.165) is 0 Å². The van der Waals surface area contributed by atoms with Gasteiger partial charge in [0.2, 0.25) is 24.3 Å². The minimum absolute atomic E-state index is 0.227. The highest BCUT2D eigenvalue weighted by Crippen LogP contribution is 2.08. The molecule has 0 N–H and O–H groups in total. The van der Waals surface area contributed by atoms with E-state index in [9.17, 15) is 25.9 Å². The highest BCUT2D eigenvalue weighted by molar-refractivity contribution is 7.85. The maximum absolute atomic E-state index is 10.7. The predicted octanol–water partition coefficient (Wildman–Crippen LogP) is -0.891. The number of rotatable bonds is 10. The normalized spacial score (nSPS) is 12.3. The molecule has 0 atom stereocenters. The molecular formula is C17H21N5O6S2. The second kappa shape index (κ2) is 9.04. The smallest absolute Gasteiger partial charge is 0.250 e. The lowest BCUT2D eigenvalue weighted by atomic mass is 10.4. The molecule has 0 bridgehead atoms. The minimum Gasteiger partial charge on any atom is -0.748 e. The van der Waals surface area contributed by atoms with Crippen LogP contribution < -0.4 is 9.13 Å². The van der Waals surface area contributed by atoms with Crippen molar-refractivity contribution in [3.8, 4) is 11.6 Å². The molecule has 0 saturated carbocycles. The number of imidazole rings is 2. The summed E-state index contributed by atoms with van der Waals surface area (Å²) in [6.45, 7) is 0.787. The van der Waals surface area contributed by atoms with Crippen molar-refractivity contribution in [2.24, 2.45) is 0 Å². The molecule has 3 rings (SSSR count). The highest BCUT2D eigenvalue weighted by atomic mass is 32.2. The molecule has 11 nitrogen and oxygen atoms in total. The van der Waals surface area contributed by atoms with Crippen LogP contribution in [0.4, 0.5) is 0 Å². The third-order valence-corrected chi connectivity index (χ3v) is 5.83. The predicted molar refractivity (Wildman–Crippen MR) is 102 cm³/mol. The summed E-state index contributed by atoms with van der Waals surface area (Å²) in [7, 11) is -8.44. The van der Waals surface area contributed by atoms with Crippen molar-refractivity contribution in [1.29, 1.82) is 0 Å². The lowest BCUT2D eigenvalue weighted by Gasteiger charge is -2.04. The van der Waals surface area contributed by atoms with Crippen molar-refractivity contribution >= 4 is 20.2 Å². The van der Waals surface area contributed by atoms with Crippen LogP contribution in [0.5, 0.6) is 0 Å². The van der Waals surface area contributed by atoms with E-state index in [-0.39, 0.29) is 12.8 Å². The van der Waals surface area contributed by atoms with Crippen molar-refractivity contribution in [3.05, 3.63) is 55.6 Å². The quantitative estimate of drug-likeness (QED) is 0.285. The molecule has 162 valence electrons. The van der Waals surface area contributed by atoms with Crippen LogP contribution >= 0.6 is 0 Å². The lowest BCUT2D eigenvalue weighted by molar-refractivity contribution is -0.696. The van der Waals surface area contributed by atoms with Gasteiger partial charge in [0.15, 0.2) is 0 Å². The van der Waals surface area contributed by atoms with E-state index in [4.69, 9.17) is 0 Å². The van der Waals surface area contributed by atoms with E-state index in [1.165, 1.54) is 0 Å². The Morgan fingerprint density at radius 1 is 0.800 bits per heavy atom. The van der Waals surface area contributed by atoms with Gasteiger partial charge in [-0.25, -0.2) is 26.0 Å². The first-order valence-electron chi connectivity index (χ1n) is 9.08. The average molecular weight is 456 g/mol. The van der Waals surface area contributed by atoms with Crippen molar-refractivity contribution in [2.45, 2.75) is 25.9 Å². The van der Waals surface area contributed by atoms with Crippen LogP contribution in [0.2, 0.25) is 0 Å². The Kier molecular flexibility index (Phi) is 6.65. The van der Waals surface area contributed by atoms with Gasteiger partial charge >= 0.3 is 0 Å². The van der Waals surface area contributed by atoms with E-state index in [1.807, 2.05) is 18.2 Å². The largest absolute Gasteiger partial charge is 0.748 e. The van der Waals surface area contributed by atoms with Gasteiger partial charge in [-0.2, -0.15) is 14.1 Å². The Labute approximate surface area is 174 Å². The molecule has 0 fully saturated rings. The van der Waals surface area contributed by atoms with E-state index in [2.05, 4.69) is 4.98 Å². The van der Waals surface area contributed by atoms with Crippen LogP contribution in [-0.2, 0) is 33.3 Å². The molecule has 0 aromatic carbocycles. The molecule has 3 aromatic rings. The van der Waals surface area contributed by atoms with Gasteiger partial charge in [0.25, 0.3) is 0 Å². The second-order valence-electron chi connectivity index (χ2n) is 6.70. The third-order valence-electron chi connectivity index (χ3n) is 4.25. The van der Waals surface area contributed by atoms with E-state index >= 15 is 0 Å². The molecule has 0 amide bonds. The summed E-state index contributed by atoms with van der Waals surface area (Å²) >= 11 is 0. The molecular weight excluding hydrogens is 434 g/mol. The van der Waals surface area contributed by atoms with Gasteiger partial charge in [0, 0.05) is 23.6 Å². The van der Waals surface area contributed by atoms with E-state index in [1.54, 1.807) is 55.7 Å². The van der Waals surface area contributed by atoms with Gasteiger partial charge in [-0.05, 0) is 12.8 Å². The summed E-state index contributed by atoms with van der Waals surface area (Å²) in [6.07, 6.45) is 11.0. The summed E-state index contributed by atoms with van der Waals surface area (Å²) < 4.78 is 71.3. The lowest BCUT2D eigenvalue weighted by Crippen LogP contribution is -2.32. The standard InChI is InChI=1S/C17H21N5O6S2/c23-29(24,25)12-2-6-19-8-10-21(14-19)16-4-1-5-17(18-16)22-11-9-20(15-22)7-3-13-30(26,27)28/h1,4-5,8-11,14-15H,2-3,6-7,12-13H2. The fourth-order valence-corrected chi connectivity index (χ4v) is 3.84. The summed E-state index contributed by atoms with van der Waals surface area (Å²) in [4.78, 5) is 4.59. The zero-order valence-corrected chi connectivity index (χ0v) is 17.6. The van der Waals surface area contributed by atoms with Crippen LogP contribution in [0.3, 0.4) is 0 Å². The third kappa shape index (κ3) is 6.73. The fourth-order valence-electron chi connectivity index (χ4n) is 2.87. The Morgan fingerprint density at radius 3 is 1.63 bits per heavy atom. The molecule has 3 heterocycles. The van der Waals surface area contributed by atoms with E-state index < -0.39 is 31.7 Å². The summed E-state index contributed by atoms with van der Waals surface area (Å²) in [5.41, 5.74) is 0. The maximum atomic E-state index is 10.7. The summed E-state index contributed by atoms with van der Waals surface area (Å²) in [5, 5.41) is 0. The van der Waals surface area contributed by atoms with Crippen LogP contribution in [0.25, 0.3) is 11.6 Å². The molecule has 3 aromatic heterocycles. The minimum atomic E-state index is -4.22. The Bertz CT molecular complexity index is 1130. The summed E-state index contributed by atoms with van der Waals surface area (Å²) in [6, 6.07) is 5.46. The van der Waals surface area contributed by atoms with Gasteiger partial charge in [-0.3, -0.25) is 0 Å². The first-order chi connectivity index (χ1) is 14.1. The van der Waals surface area contributed by atoms with Gasteiger partial charge in [0.1, 0.15) is 24.8 Å². The summed E-state index contributed by atoms with van der Waals surface area (Å²) in [5.74, 6) is 0.460. The maximum Gasteiger partial charge on any atom is 0.250 e. The highest BCUT2D eigenvalue weighted by Gasteiger charge is 2.13. The van der Waals surface area contributed by atoms with Crippen LogP contribution in [0.15, 0.2) is 55.6 Å². The second-order valence-corrected chi connectivity index (χ2v) is 9.75. The monoisotopic (exact) mass is 455 g/mol. The Balaban J connectivity index is 1.67. The zero-order chi connectivity index (χ0) is 21.8. The molecule has 0 spiro atoms. The van der Waals surface area contributed by atoms with Gasteiger partial charge < -0.3 is 9.11 Å². The first-order valence-corrected chi connectivity index (χ1v) is 12.2. The molecule has 0 aliphatic carbocycles. The topological polar surface area (TPSA) is 145 Å². The van der Waals surface area contributed by atoms with E-state index in [0.29, 0.717) is 24.7 Å². The van der Waals surface area contributed by atoms with Crippen molar-refractivity contribution in [1.82, 2.24) is 14.1 Å². The number of hydrogen-bond acceptors (Lipinski definition) is 7. The van der Waals surface area contributed by atoms with Crippen molar-refractivity contribution in [2.75, 3.05) is 11.5 Å². The van der Waals surface area contributed by atoms with Crippen LogP contribution in [-0.4, -0.2) is 51.6 Å². The van der Waals surface area contributed by atoms with Crippen molar-refractivity contribution < 1.29 is 35.1 Å². The molecule has 0 radical (unpaired) electrons. The first kappa shape index (κ1) is 22.1. The Morgan fingerprint density at radius 2 is 1.23 bits per heavy atom. The molecule has 0 aliphatic rings. The number of aromatic nitrogens is 5. The SMILES string of the molecule is O=S(=O)([O-])CCC[n+]1ccn(-c2cccc(-n3cc[n+](CCCS(=O)(=O)[O-])c3)n2)c1. The van der Waals surface area contributed by atoms with Gasteiger partial charge in [-0.1, -0.05) is 6.07 Å². The number of hydrogen-bond donors (Lipinski definition) is 0. The number of aryl methyl sites for hydroxylation is 2. The number of pyridine rings is 1. The van der Waals surface area contributed by atoms with Gasteiger partial charge in [0.05, 0.1) is 33.3 Å². The Hall–Kier alpha value is -2.61. The fraction of sp³-hybridized carbons (Fsp3) is 0.353. The average Bonchev–Trinajstić information content (AvgIpc) is 3.29. The molecule has 13 heteroatoms. The number of nitrogens with zero attached hydrogens (tertiary/aromatic N) is 5. The zero-order valence-electron chi connectivity index (χ0n) is 15.9.